The predicted molar refractivity (Wildman–Crippen MR) is 69.7 cm³/mol. The SMILES string of the molecule is CCC(=O)CCCOc1cc(OC)ccc1[N+](=O)[O-]. The Morgan fingerprint density at radius 1 is 1.42 bits per heavy atom. The number of carbonyl (C=O) groups excluding carboxylic acids is 1. The largest absolute Gasteiger partial charge is 0.497 e. The second kappa shape index (κ2) is 7.35. The van der Waals surface area contributed by atoms with Crippen LogP contribution in [0.1, 0.15) is 26.2 Å². The van der Waals surface area contributed by atoms with Crippen molar-refractivity contribution in [3.63, 3.8) is 0 Å². The molecule has 1 rings (SSSR count). The summed E-state index contributed by atoms with van der Waals surface area (Å²) < 4.78 is 10.4. The maximum absolute atomic E-state index is 11.1. The van der Waals surface area contributed by atoms with Crippen LogP contribution in [0.25, 0.3) is 0 Å². The van der Waals surface area contributed by atoms with Crippen LogP contribution in [0.5, 0.6) is 11.5 Å². The molecule has 0 aliphatic heterocycles. The first-order valence-electron chi connectivity index (χ1n) is 6.05. The first kappa shape index (κ1) is 14.9. The minimum Gasteiger partial charge on any atom is -0.497 e. The fourth-order valence-corrected chi connectivity index (χ4v) is 1.52. The Morgan fingerprint density at radius 2 is 2.16 bits per heavy atom. The van der Waals surface area contributed by atoms with Crippen molar-refractivity contribution >= 4 is 11.5 Å². The van der Waals surface area contributed by atoms with E-state index in [1.54, 1.807) is 6.92 Å². The van der Waals surface area contributed by atoms with E-state index in [0.717, 1.165) is 0 Å². The Bertz CT molecular complexity index is 458. The number of hydrogen-bond acceptors (Lipinski definition) is 5. The number of nitrogens with zero attached hydrogens (tertiary/aromatic N) is 1. The van der Waals surface area contributed by atoms with Gasteiger partial charge in [-0.2, -0.15) is 0 Å². The number of hydrogen-bond donors (Lipinski definition) is 0. The molecule has 0 aliphatic rings. The van der Waals surface area contributed by atoms with Gasteiger partial charge in [0.25, 0.3) is 0 Å². The molecule has 6 heteroatoms. The summed E-state index contributed by atoms with van der Waals surface area (Å²) in [5, 5.41) is 10.8. The quantitative estimate of drug-likeness (QED) is 0.411. The third-order valence-corrected chi connectivity index (χ3v) is 2.62. The fourth-order valence-electron chi connectivity index (χ4n) is 1.52. The summed E-state index contributed by atoms with van der Waals surface area (Å²) in [5.74, 6) is 0.808. The van der Waals surface area contributed by atoms with Gasteiger partial charge >= 0.3 is 5.69 Å². The van der Waals surface area contributed by atoms with Crippen LogP contribution in [-0.2, 0) is 4.79 Å². The highest BCUT2D eigenvalue weighted by atomic mass is 16.6. The predicted octanol–water partition coefficient (Wildman–Crippen LogP) is 2.74. The second-order valence-corrected chi connectivity index (χ2v) is 3.94. The Balaban J connectivity index is 2.64. The lowest BCUT2D eigenvalue weighted by molar-refractivity contribution is -0.385. The first-order chi connectivity index (χ1) is 9.08. The van der Waals surface area contributed by atoms with E-state index in [9.17, 15) is 14.9 Å². The lowest BCUT2D eigenvalue weighted by atomic mass is 10.2. The number of nitro groups is 1. The molecule has 1 aromatic carbocycles. The van der Waals surface area contributed by atoms with E-state index in [1.165, 1.54) is 25.3 Å². The van der Waals surface area contributed by atoms with Crippen molar-refractivity contribution in [1.29, 1.82) is 0 Å². The van der Waals surface area contributed by atoms with E-state index in [-0.39, 0.29) is 23.8 Å². The average Bonchev–Trinajstić information content (AvgIpc) is 2.42. The number of methoxy groups -OCH3 is 1. The van der Waals surface area contributed by atoms with E-state index in [1.807, 2.05) is 0 Å². The third-order valence-electron chi connectivity index (χ3n) is 2.62. The molecule has 0 bridgehead atoms. The second-order valence-electron chi connectivity index (χ2n) is 3.94. The van der Waals surface area contributed by atoms with Gasteiger partial charge in [-0.3, -0.25) is 14.9 Å². The third kappa shape index (κ3) is 4.57. The van der Waals surface area contributed by atoms with Crippen LogP contribution in [0.15, 0.2) is 18.2 Å². The smallest absolute Gasteiger partial charge is 0.311 e. The van der Waals surface area contributed by atoms with Gasteiger partial charge in [-0.15, -0.1) is 0 Å². The van der Waals surface area contributed by atoms with E-state index in [4.69, 9.17) is 9.47 Å². The van der Waals surface area contributed by atoms with Crippen LogP contribution in [0.4, 0.5) is 5.69 Å². The highest BCUT2D eigenvalue weighted by molar-refractivity contribution is 5.77. The minimum atomic E-state index is -0.508. The van der Waals surface area contributed by atoms with Crippen molar-refractivity contribution in [3.8, 4) is 11.5 Å². The van der Waals surface area contributed by atoms with Crippen LogP contribution in [0.2, 0.25) is 0 Å². The molecular weight excluding hydrogens is 250 g/mol. The van der Waals surface area contributed by atoms with E-state index >= 15 is 0 Å². The van der Waals surface area contributed by atoms with Crippen molar-refractivity contribution < 1.29 is 19.2 Å². The number of ketones is 1. The first-order valence-corrected chi connectivity index (χ1v) is 6.05. The zero-order chi connectivity index (χ0) is 14.3. The summed E-state index contributed by atoms with van der Waals surface area (Å²) in [6, 6.07) is 4.32. The number of carbonyl (C=O) groups is 1. The number of Topliss-reactive ketones (excluding diaryl/α,β-unsaturated/α-hetero) is 1. The van der Waals surface area contributed by atoms with Gasteiger partial charge in [0.1, 0.15) is 11.5 Å². The van der Waals surface area contributed by atoms with E-state index in [0.29, 0.717) is 25.0 Å². The summed E-state index contributed by atoms with van der Waals surface area (Å²) in [6.45, 7) is 2.07. The van der Waals surface area contributed by atoms with Crippen molar-refractivity contribution in [2.24, 2.45) is 0 Å². The van der Waals surface area contributed by atoms with Crippen LogP contribution in [0, 0.1) is 10.1 Å². The summed E-state index contributed by atoms with van der Waals surface area (Å²) >= 11 is 0. The van der Waals surface area contributed by atoms with Crippen molar-refractivity contribution in [2.45, 2.75) is 26.2 Å². The van der Waals surface area contributed by atoms with Gasteiger partial charge < -0.3 is 9.47 Å². The maximum Gasteiger partial charge on any atom is 0.311 e. The molecular formula is C13H17NO5. The summed E-state index contributed by atoms with van der Waals surface area (Å²) in [7, 11) is 1.48. The molecule has 0 fully saturated rings. The molecule has 0 aliphatic carbocycles. The molecule has 0 saturated carbocycles. The molecule has 0 atom stereocenters. The summed E-state index contributed by atoms with van der Waals surface area (Å²) in [5.41, 5.74) is -0.109. The number of nitro benzene ring substituents is 1. The number of rotatable bonds is 8. The number of benzene rings is 1. The molecule has 6 nitrogen and oxygen atoms in total. The van der Waals surface area contributed by atoms with Crippen molar-refractivity contribution in [3.05, 3.63) is 28.3 Å². The van der Waals surface area contributed by atoms with Crippen LogP contribution in [0.3, 0.4) is 0 Å². The van der Waals surface area contributed by atoms with Gasteiger partial charge in [-0.05, 0) is 12.5 Å². The van der Waals surface area contributed by atoms with Crippen LogP contribution < -0.4 is 9.47 Å². The summed E-state index contributed by atoms with van der Waals surface area (Å²) in [6.07, 6.45) is 1.47. The topological polar surface area (TPSA) is 78.7 Å². The molecule has 0 aromatic heterocycles. The van der Waals surface area contributed by atoms with Crippen LogP contribution >= 0.6 is 0 Å². The van der Waals surface area contributed by atoms with Gasteiger partial charge in [0.2, 0.25) is 5.75 Å². The van der Waals surface area contributed by atoms with Crippen molar-refractivity contribution in [2.75, 3.05) is 13.7 Å². The molecule has 0 amide bonds. The minimum absolute atomic E-state index is 0.109. The molecule has 0 spiro atoms. The molecule has 19 heavy (non-hydrogen) atoms. The molecule has 0 heterocycles. The average molecular weight is 267 g/mol. The monoisotopic (exact) mass is 267 g/mol. The maximum atomic E-state index is 11.1. The Labute approximate surface area is 111 Å². The highest BCUT2D eigenvalue weighted by Crippen LogP contribution is 2.31. The standard InChI is InChI=1S/C13H17NO5/c1-3-10(15)5-4-8-19-13-9-11(18-2)6-7-12(13)14(16)17/h6-7,9H,3-5,8H2,1-2H3. The summed E-state index contributed by atoms with van der Waals surface area (Å²) in [4.78, 5) is 21.4. The Hall–Kier alpha value is -2.11. The Morgan fingerprint density at radius 3 is 2.74 bits per heavy atom. The molecule has 0 radical (unpaired) electrons. The van der Waals surface area contributed by atoms with Gasteiger partial charge in [0.05, 0.1) is 18.6 Å². The van der Waals surface area contributed by atoms with E-state index < -0.39 is 4.92 Å². The zero-order valence-electron chi connectivity index (χ0n) is 11.0. The normalized spacial score (nSPS) is 10.0. The van der Waals surface area contributed by atoms with Gasteiger partial charge in [-0.1, -0.05) is 6.92 Å². The lowest BCUT2D eigenvalue weighted by Gasteiger charge is -2.08. The van der Waals surface area contributed by atoms with Gasteiger partial charge in [-0.25, -0.2) is 0 Å². The van der Waals surface area contributed by atoms with Crippen LogP contribution in [-0.4, -0.2) is 24.4 Å². The zero-order valence-corrected chi connectivity index (χ0v) is 11.0. The molecule has 0 N–H and O–H groups in total. The fraction of sp³-hybridized carbons (Fsp3) is 0.462. The Kier molecular flexibility index (Phi) is 5.78. The molecule has 0 saturated heterocycles. The van der Waals surface area contributed by atoms with E-state index in [2.05, 4.69) is 0 Å². The van der Waals surface area contributed by atoms with Gasteiger partial charge in [0, 0.05) is 25.0 Å². The number of ether oxygens (including phenoxy) is 2. The highest BCUT2D eigenvalue weighted by Gasteiger charge is 2.16. The molecule has 1 aromatic rings. The molecule has 0 unspecified atom stereocenters. The lowest BCUT2D eigenvalue weighted by Crippen LogP contribution is -2.04. The van der Waals surface area contributed by atoms with Gasteiger partial charge in [0.15, 0.2) is 0 Å². The molecule has 104 valence electrons. The van der Waals surface area contributed by atoms with Crippen molar-refractivity contribution in [1.82, 2.24) is 0 Å².